The van der Waals surface area contributed by atoms with Crippen molar-refractivity contribution in [2.45, 2.75) is 20.0 Å². The first-order valence-corrected chi connectivity index (χ1v) is 6.69. The number of hydrogen-bond donors (Lipinski definition) is 1. The zero-order valence-corrected chi connectivity index (χ0v) is 11.1. The summed E-state index contributed by atoms with van der Waals surface area (Å²) in [6.07, 6.45) is 2.90. The summed E-state index contributed by atoms with van der Waals surface area (Å²) in [6, 6.07) is 12.5. The molecule has 3 nitrogen and oxygen atoms in total. The van der Waals surface area contributed by atoms with Gasteiger partial charge >= 0.3 is 0 Å². The SMILES string of the molecule is CC1Cc2ccccc2N(c2ccnc(CO)c2)C1. The van der Waals surface area contributed by atoms with Gasteiger partial charge in [0.15, 0.2) is 0 Å². The second-order valence-corrected chi connectivity index (χ2v) is 5.21. The lowest BCUT2D eigenvalue weighted by Gasteiger charge is -2.35. The van der Waals surface area contributed by atoms with Gasteiger partial charge in [-0.25, -0.2) is 0 Å². The standard InChI is InChI=1S/C16H18N2O/c1-12-8-13-4-2-3-5-16(13)18(10-12)15-6-7-17-14(9-15)11-19/h2-7,9,12,19H,8,10-11H2,1H3. The second-order valence-electron chi connectivity index (χ2n) is 5.21. The maximum atomic E-state index is 9.23. The number of pyridine rings is 1. The molecule has 3 rings (SSSR count). The summed E-state index contributed by atoms with van der Waals surface area (Å²) in [5, 5.41) is 9.23. The lowest BCUT2D eigenvalue weighted by Crippen LogP contribution is -2.30. The number of aromatic nitrogens is 1. The number of anilines is 2. The molecule has 0 saturated heterocycles. The van der Waals surface area contributed by atoms with Gasteiger partial charge in [0.2, 0.25) is 0 Å². The Kier molecular flexibility index (Phi) is 3.22. The zero-order valence-electron chi connectivity index (χ0n) is 11.1. The van der Waals surface area contributed by atoms with E-state index in [0.29, 0.717) is 11.6 Å². The molecule has 2 heterocycles. The molecule has 0 amide bonds. The fraction of sp³-hybridized carbons (Fsp3) is 0.312. The van der Waals surface area contributed by atoms with Gasteiger partial charge in [0.25, 0.3) is 0 Å². The molecular formula is C16H18N2O. The largest absolute Gasteiger partial charge is 0.390 e. The minimum absolute atomic E-state index is 0.0150. The molecule has 1 aliphatic heterocycles. The van der Waals surface area contributed by atoms with Crippen molar-refractivity contribution in [2.24, 2.45) is 5.92 Å². The molecule has 2 aromatic rings. The predicted molar refractivity (Wildman–Crippen MR) is 76.5 cm³/mol. The Morgan fingerprint density at radius 1 is 1.32 bits per heavy atom. The van der Waals surface area contributed by atoms with Crippen LogP contribution in [0, 0.1) is 5.92 Å². The zero-order chi connectivity index (χ0) is 13.2. The van der Waals surface area contributed by atoms with E-state index in [1.165, 1.54) is 11.3 Å². The van der Waals surface area contributed by atoms with E-state index in [-0.39, 0.29) is 6.61 Å². The summed E-state index contributed by atoms with van der Waals surface area (Å²) in [5.74, 6) is 0.626. The molecule has 3 heteroatoms. The maximum Gasteiger partial charge on any atom is 0.0853 e. The van der Waals surface area contributed by atoms with Crippen LogP contribution < -0.4 is 4.90 Å². The van der Waals surface area contributed by atoms with Gasteiger partial charge in [0.1, 0.15) is 0 Å². The molecule has 1 N–H and O–H groups in total. The predicted octanol–water partition coefficient (Wildman–Crippen LogP) is 2.90. The first-order valence-electron chi connectivity index (χ1n) is 6.69. The number of aliphatic hydroxyl groups is 1. The molecule has 0 aliphatic carbocycles. The van der Waals surface area contributed by atoms with Crippen LogP contribution in [0.3, 0.4) is 0 Å². The third-order valence-electron chi connectivity index (χ3n) is 3.62. The number of para-hydroxylation sites is 1. The smallest absolute Gasteiger partial charge is 0.0853 e. The van der Waals surface area contributed by atoms with Crippen molar-refractivity contribution in [2.75, 3.05) is 11.4 Å². The minimum Gasteiger partial charge on any atom is -0.390 e. The summed E-state index contributed by atoms with van der Waals surface area (Å²) in [7, 11) is 0. The van der Waals surface area contributed by atoms with Crippen molar-refractivity contribution in [1.29, 1.82) is 0 Å². The fourth-order valence-corrected chi connectivity index (χ4v) is 2.76. The van der Waals surface area contributed by atoms with E-state index in [9.17, 15) is 5.11 Å². The van der Waals surface area contributed by atoms with Gasteiger partial charge in [-0.3, -0.25) is 4.98 Å². The quantitative estimate of drug-likeness (QED) is 0.895. The Balaban J connectivity index is 2.04. The number of aliphatic hydroxyl groups excluding tert-OH is 1. The van der Waals surface area contributed by atoms with Crippen LogP contribution in [0.2, 0.25) is 0 Å². The van der Waals surface area contributed by atoms with Crippen molar-refractivity contribution in [1.82, 2.24) is 4.98 Å². The molecule has 98 valence electrons. The normalized spacial score (nSPS) is 18.2. The highest BCUT2D eigenvalue weighted by Crippen LogP contribution is 2.35. The van der Waals surface area contributed by atoms with Crippen molar-refractivity contribution >= 4 is 11.4 Å². The van der Waals surface area contributed by atoms with E-state index in [4.69, 9.17) is 0 Å². The average molecular weight is 254 g/mol. The Labute approximate surface area is 113 Å². The molecule has 1 unspecified atom stereocenters. The monoisotopic (exact) mass is 254 g/mol. The Morgan fingerprint density at radius 2 is 2.16 bits per heavy atom. The lowest BCUT2D eigenvalue weighted by atomic mass is 9.93. The summed E-state index contributed by atoms with van der Waals surface area (Å²) in [5.41, 5.74) is 4.49. The van der Waals surface area contributed by atoms with Gasteiger partial charge < -0.3 is 10.0 Å². The molecule has 0 spiro atoms. The third kappa shape index (κ3) is 2.34. The first kappa shape index (κ1) is 12.2. The van der Waals surface area contributed by atoms with Gasteiger partial charge in [-0.2, -0.15) is 0 Å². The van der Waals surface area contributed by atoms with Crippen LogP contribution in [0.1, 0.15) is 18.2 Å². The topological polar surface area (TPSA) is 36.4 Å². The molecular weight excluding hydrogens is 236 g/mol. The first-order chi connectivity index (χ1) is 9.28. The van der Waals surface area contributed by atoms with Crippen LogP contribution in [-0.4, -0.2) is 16.6 Å². The molecule has 0 bridgehead atoms. The summed E-state index contributed by atoms with van der Waals surface area (Å²) in [6.45, 7) is 3.27. The second kappa shape index (κ2) is 5.02. The number of nitrogens with zero attached hydrogens (tertiary/aromatic N) is 2. The van der Waals surface area contributed by atoms with Crippen molar-refractivity contribution < 1.29 is 5.11 Å². The van der Waals surface area contributed by atoms with Gasteiger partial charge in [-0.05, 0) is 36.1 Å². The van der Waals surface area contributed by atoms with Gasteiger partial charge in [0.05, 0.1) is 12.3 Å². The number of hydrogen-bond acceptors (Lipinski definition) is 3. The molecule has 1 aromatic carbocycles. The van der Waals surface area contributed by atoms with Crippen molar-refractivity contribution in [3.63, 3.8) is 0 Å². The molecule has 0 radical (unpaired) electrons. The van der Waals surface area contributed by atoms with Crippen molar-refractivity contribution in [3.05, 3.63) is 53.9 Å². The van der Waals surface area contributed by atoms with Crippen LogP contribution >= 0.6 is 0 Å². The Bertz CT molecular complexity index is 582. The maximum absolute atomic E-state index is 9.23. The van der Waals surface area contributed by atoms with Gasteiger partial charge in [0, 0.05) is 24.1 Å². The fourth-order valence-electron chi connectivity index (χ4n) is 2.76. The highest BCUT2D eigenvalue weighted by Gasteiger charge is 2.22. The highest BCUT2D eigenvalue weighted by molar-refractivity contribution is 5.68. The van der Waals surface area contributed by atoms with E-state index in [0.717, 1.165) is 18.7 Å². The molecule has 1 atom stereocenters. The van der Waals surface area contributed by atoms with Crippen LogP contribution in [0.5, 0.6) is 0 Å². The van der Waals surface area contributed by atoms with Crippen LogP contribution in [0.4, 0.5) is 11.4 Å². The van der Waals surface area contributed by atoms with Gasteiger partial charge in [-0.15, -0.1) is 0 Å². The number of fused-ring (bicyclic) bond motifs is 1. The minimum atomic E-state index is -0.0150. The summed E-state index contributed by atoms with van der Waals surface area (Å²) >= 11 is 0. The van der Waals surface area contributed by atoms with Crippen molar-refractivity contribution in [3.8, 4) is 0 Å². The lowest BCUT2D eigenvalue weighted by molar-refractivity contribution is 0.277. The highest BCUT2D eigenvalue weighted by atomic mass is 16.3. The molecule has 0 fully saturated rings. The average Bonchev–Trinajstić information content (AvgIpc) is 2.46. The number of benzene rings is 1. The van der Waals surface area contributed by atoms with Crippen LogP contribution in [0.15, 0.2) is 42.6 Å². The Morgan fingerprint density at radius 3 is 3.00 bits per heavy atom. The third-order valence-corrected chi connectivity index (χ3v) is 3.62. The Hall–Kier alpha value is -1.87. The summed E-state index contributed by atoms with van der Waals surface area (Å²) < 4.78 is 0. The number of rotatable bonds is 2. The van der Waals surface area contributed by atoms with E-state index in [1.807, 2.05) is 12.1 Å². The van der Waals surface area contributed by atoms with E-state index in [2.05, 4.69) is 41.1 Å². The molecule has 0 saturated carbocycles. The molecule has 19 heavy (non-hydrogen) atoms. The van der Waals surface area contributed by atoms with Crippen LogP contribution in [-0.2, 0) is 13.0 Å². The van der Waals surface area contributed by atoms with E-state index < -0.39 is 0 Å². The van der Waals surface area contributed by atoms with E-state index in [1.54, 1.807) is 6.20 Å². The van der Waals surface area contributed by atoms with Crippen LogP contribution in [0.25, 0.3) is 0 Å². The molecule has 1 aromatic heterocycles. The molecule has 1 aliphatic rings. The van der Waals surface area contributed by atoms with Gasteiger partial charge in [-0.1, -0.05) is 25.1 Å². The van der Waals surface area contributed by atoms with E-state index >= 15 is 0 Å². The summed E-state index contributed by atoms with van der Waals surface area (Å²) in [4.78, 5) is 6.47.